The van der Waals surface area contributed by atoms with Gasteiger partial charge in [-0.25, -0.2) is 0 Å². The normalized spacial score (nSPS) is 53.3. The van der Waals surface area contributed by atoms with Gasteiger partial charge in [-0.3, -0.25) is 0 Å². The molecule has 0 aromatic rings. The van der Waals surface area contributed by atoms with E-state index in [9.17, 15) is 0 Å². The summed E-state index contributed by atoms with van der Waals surface area (Å²) in [7, 11) is 0. The quantitative estimate of drug-likeness (QED) is 0.446. The van der Waals surface area contributed by atoms with Crippen LogP contribution in [0.1, 0.15) is 78.6 Å². The predicted molar refractivity (Wildman–Crippen MR) is 97.1 cm³/mol. The minimum atomic E-state index is 0.453. The second-order valence-electron chi connectivity index (χ2n) is 10.6. The fourth-order valence-electron chi connectivity index (χ4n) is 7.64. The first kappa shape index (κ1) is 14.8. The Balaban J connectivity index is 1.50. The zero-order valence-electron chi connectivity index (χ0n) is 15.5. The van der Waals surface area contributed by atoms with Gasteiger partial charge >= 0.3 is 0 Å². The predicted octanol–water partition coefficient (Wildman–Crippen LogP) is 6.53. The van der Waals surface area contributed by atoms with Crippen molar-refractivity contribution in [2.45, 2.75) is 78.6 Å². The van der Waals surface area contributed by atoms with E-state index < -0.39 is 0 Å². The molecule has 0 amide bonds. The van der Waals surface area contributed by atoms with Gasteiger partial charge in [0.1, 0.15) is 0 Å². The summed E-state index contributed by atoms with van der Waals surface area (Å²) in [6.45, 7) is 12.2. The Morgan fingerprint density at radius 1 is 1.00 bits per heavy atom. The van der Waals surface area contributed by atoms with Crippen molar-refractivity contribution in [3.8, 4) is 0 Å². The molecule has 23 heavy (non-hydrogen) atoms. The summed E-state index contributed by atoms with van der Waals surface area (Å²) >= 11 is 0. The first-order valence-corrected chi connectivity index (χ1v) is 10.3. The van der Waals surface area contributed by atoms with Crippen LogP contribution in [0.5, 0.6) is 0 Å². The summed E-state index contributed by atoms with van der Waals surface area (Å²) in [4.78, 5) is 0. The van der Waals surface area contributed by atoms with Crippen molar-refractivity contribution in [1.29, 1.82) is 0 Å². The molecule has 5 aliphatic carbocycles. The number of hydrogen-bond donors (Lipinski definition) is 0. The van der Waals surface area contributed by atoms with Crippen LogP contribution < -0.4 is 0 Å². The van der Waals surface area contributed by atoms with Crippen LogP contribution in [-0.4, -0.2) is 0 Å². The molecule has 4 saturated carbocycles. The lowest BCUT2D eigenvalue weighted by atomic mass is 9.47. The van der Waals surface area contributed by atoms with Gasteiger partial charge in [0, 0.05) is 0 Å². The Morgan fingerprint density at radius 2 is 1.74 bits per heavy atom. The van der Waals surface area contributed by atoms with E-state index in [1.54, 1.807) is 5.57 Å². The molecule has 126 valence electrons. The van der Waals surface area contributed by atoms with E-state index in [1.807, 2.05) is 5.57 Å². The molecule has 0 saturated heterocycles. The van der Waals surface area contributed by atoms with Crippen molar-refractivity contribution >= 4 is 0 Å². The largest absolute Gasteiger partial charge is 0.0990 e. The smallest absolute Gasteiger partial charge is 0.00849 e. The first-order valence-electron chi connectivity index (χ1n) is 10.3. The maximum atomic E-state index is 4.54. The highest BCUT2D eigenvalue weighted by Crippen LogP contribution is 2.70. The number of allylic oxidation sites excluding steroid dienone is 3. The van der Waals surface area contributed by atoms with Crippen molar-refractivity contribution in [2.24, 2.45) is 39.9 Å². The Morgan fingerprint density at radius 3 is 2.48 bits per heavy atom. The van der Waals surface area contributed by atoms with E-state index in [0.717, 1.165) is 29.1 Å². The molecular weight excluding hydrogens is 276 g/mol. The molecule has 0 radical (unpaired) electrons. The maximum absolute atomic E-state index is 4.54. The van der Waals surface area contributed by atoms with Crippen LogP contribution in [-0.2, 0) is 0 Å². The third-order valence-corrected chi connectivity index (χ3v) is 9.65. The Hall–Kier alpha value is -0.520. The molecule has 0 aliphatic heterocycles. The van der Waals surface area contributed by atoms with E-state index in [1.165, 1.54) is 57.8 Å². The van der Waals surface area contributed by atoms with E-state index in [4.69, 9.17) is 0 Å². The zero-order chi connectivity index (χ0) is 16.0. The summed E-state index contributed by atoms with van der Waals surface area (Å²) < 4.78 is 0. The maximum Gasteiger partial charge on any atom is -0.00849 e. The van der Waals surface area contributed by atoms with Gasteiger partial charge in [-0.15, -0.1) is 0 Å². The van der Waals surface area contributed by atoms with Gasteiger partial charge < -0.3 is 0 Å². The number of rotatable bonds is 0. The van der Waals surface area contributed by atoms with E-state index in [2.05, 4.69) is 33.4 Å². The summed E-state index contributed by atoms with van der Waals surface area (Å²) in [5.74, 6) is 3.57. The molecule has 5 rings (SSSR count). The van der Waals surface area contributed by atoms with Gasteiger partial charge in [-0.05, 0) is 97.7 Å². The third-order valence-electron chi connectivity index (χ3n) is 9.65. The van der Waals surface area contributed by atoms with Gasteiger partial charge in [-0.1, -0.05) is 44.6 Å². The Kier molecular flexibility index (Phi) is 2.80. The summed E-state index contributed by atoms with van der Waals surface area (Å²) in [6, 6.07) is 0. The third kappa shape index (κ3) is 1.79. The average Bonchev–Trinajstić information content (AvgIpc) is 3.24. The van der Waals surface area contributed by atoms with Crippen LogP contribution in [0.3, 0.4) is 0 Å². The lowest BCUT2D eigenvalue weighted by molar-refractivity contribution is -0.0198. The minimum absolute atomic E-state index is 0.453. The van der Waals surface area contributed by atoms with E-state index in [0.29, 0.717) is 10.8 Å². The van der Waals surface area contributed by atoms with Crippen LogP contribution in [0.25, 0.3) is 0 Å². The fraction of sp³-hybridized carbons (Fsp3) is 0.826. The Bertz CT molecular complexity index is 591. The van der Waals surface area contributed by atoms with Gasteiger partial charge in [-0.2, -0.15) is 0 Å². The molecule has 6 atom stereocenters. The van der Waals surface area contributed by atoms with Crippen LogP contribution in [0.4, 0.5) is 0 Å². The van der Waals surface area contributed by atoms with Crippen molar-refractivity contribution in [1.82, 2.24) is 0 Å². The molecule has 5 aliphatic rings. The van der Waals surface area contributed by atoms with Crippen molar-refractivity contribution in [2.75, 3.05) is 0 Å². The lowest BCUT2D eigenvalue weighted by Crippen LogP contribution is -2.49. The molecule has 6 unspecified atom stereocenters. The van der Waals surface area contributed by atoms with E-state index >= 15 is 0 Å². The molecule has 1 spiro atoms. The second-order valence-corrected chi connectivity index (χ2v) is 10.6. The lowest BCUT2D eigenvalue weighted by Gasteiger charge is -2.57. The molecule has 4 fully saturated rings. The molecular formula is C23H34. The highest BCUT2D eigenvalue weighted by atomic mass is 14.6. The number of fused-ring (bicyclic) bond motifs is 5. The second kappa shape index (κ2) is 4.36. The SMILES string of the molecule is C=C1C(C)CC2C3CC=C4CC5(CC5)CCC4(C)C3CCC12C. The summed E-state index contributed by atoms with van der Waals surface area (Å²) in [5.41, 5.74) is 5.25. The van der Waals surface area contributed by atoms with Gasteiger partial charge in [0.25, 0.3) is 0 Å². The molecule has 0 N–H and O–H groups in total. The highest BCUT2D eigenvalue weighted by Gasteiger charge is 2.60. The minimum Gasteiger partial charge on any atom is -0.0990 e. The monoisotopic (exact) mass is 310 g/mol. The summed E-state index contributed by atoms with van der Waals surface area (Å²) in [6.07, 6.45) is 15.9. The van der Waals surface area contributed by atoms with Crippen molar-refractivity contribution in [3.63, 3.8) is 0 Å². The molecule has 0 nitrogen and oxygen atoms in total. The summed E-state index contributed by atoms with van der Waals surface area (Å²) in [5, 5.41) is 0. The first-order chi connectivity index (χ1) is 10.9. The van der Waals surface area contributed by atoms with Crippen LogP contribution in [0.15, 0.2) is 23.8 Å². The van der Waals surface area contributed by atoms with Crippen LogP contribution in [0.2, 0.25) is 0 Å². The van der Waals surface area contributed by atoms with Gasteiger partial charge in [0.15, 0.2) is 0 Å². The Labute approximate surface area is 142 Å². The van der Waals surface area contributed by atoms with Crippen molar-refractivity contribution < 1.29 is 0 Å². The van der Waals surface area contributed by atoms with E-state index in [-0.39, 0.29) is 0 Å². The highest BCUT2D eigenvalue weighted by molar-refractivity contribution is 5.31. The van der Waals surface area contributed by atoms with Crippen molar-refractivity contribution in [3.05, 3.63) is 23.8 Å². The molecule has 0 heterocycles. The topological polar surface area (TPSA) is 0 Å². The standard InChI is InChI=1S/C23H34/c1-15-13-20-18-6-5-17-14-23(11-12-23)10-9-22(17,4)19(18)7-8-21(20,3)16(15)2/h5,15,18-20H,2,6-14H2,1,3-4H3. The average molecular weight is 311 g/mol. The number of hydrogen-bond acceptors (Lipinski definition) is 0. The van der Waals surface area contributed by atoms with Crippen LogP contribution >= 0.6 is 0 Å². The molecule has 0 heteroatoms. The molecule has 0 bridgehead atoms. The van der Waals surface area contributed by atoms with Gasteiger partial charge in [0.2, 0.25) is 0 Å². The van der Waals surface area contributed by atoms with Gasteiger partial charge in [0.05, 0.1) is 0 Å². The van der Waals surface area contributed by atoms with Crippen LogP contribution in [0, 0.1) is 39.9 Å². The molecule has 0 aromatic heterocycles. The fourth-order valence-corrected chi connectivity index (χ4v) is 7.64. The molecule has 0 aromatic carbocycles. The zero-order valence-corrected chi connectivity index (χ0v) is 15.5.